The number of aryl methyl sites for hydroxylation is 1. The molecule has 92 valence electrons. The van der Waals surface area contributed by atoms with Crippen LogP contribution in [-0.4, -0.2) is 25.6 Å². The van der Waals surface area contributed by atoms with Crippen LogP contribution in [0.1, 0.15) is 36.0 Å². The molecule has 2 nitrogen and oxygen atoms in total. The van der Waals surface area contributed by atoms with Crippen LogP contribution in [0.3, 0.4) is 0 Å². The lowest BCUT2D eigenvalue weighted by atomic mass is 9.85. The summed E-state index contributed by atoms with van der Waals surface area (Å²) in [6, 6.07) is 5.35. The number of hydrogen-bond donors (Lipinski definition) is 2. The maximum absolute atomic E-state index is 8.93. The second kappa shape index (κ2) is 5.70. The first-order valence-corrected chi connectivity index (χ1v) is 6.64. The molecular formula is C14H22BNO. The van der Waals surface area contributed by atoms with Gasteiger partial charge in [0, 0.05) is 19.2 Å². The Bertz CT molecular complexity index is 388. The molecule has 0 unspecified atom stereocenters. The lowest BCUT2D eigenvalue weighted by Crippen LogP contribution is -2.19. The van der Waals surface area contributed by atoms with E-state index in [1.165, 1.54) is 35.0 Å². The first-order chi connectivity index (χ1) is 8.20. The monoisotopic (exact) mass is 231 g/mol. The van der Waals surface area contributed by atoms with Gasteiger partial charge in [0.25, 0.3) is 0 Å². The molecule has 0 spiro atoms. The zero-order valence-electron chi connectivity index (χ0n) is 10.9. The van der Waals surface area contributed by atoms with Crippen molar-refractivity contribution in [3.63, 3.8) is 0 Å². The zero-order valence-corrected chi connectivity index (χ0v) is 10.9. The zero-order chi connectivity index (χ0) is 12.3. The van der Waals surface area contributed by atoms with Crippen molar-refractivity contribution in [2.24, 2.45) is 0 Å². The van der Waals surface area contributed by atoms with Gasteiger partial charge in [-0.05, 0) is 43.7 Å². The van der Waals surface area contributed by atoms with Gasteiger partial charge in [-0.3, -0.25) is 0 Å². The predicted molar refractivity (Wildman–Crippen MR) is 74.6 cm³/mol. The SMILES string of the molecule is Bc1cc(CNC2CC2)cc(CCCO)c1C. The van der Waals surface area contributed by atoms with Gasteiger partial charge in [-0.15, -0.1) is 0 Å². The maximum Gasteiger partial charge on any atom is 0.139 e. The van der Waals surface area contributed by atoms with Crippen LogP contribution in [0.25, 0.3) is 0 Å². The summed E-state index contributed by atoms with van der Waals surface area (Å²) < 4.78 is 0. The summed E-state index contributed by atoms with van der Waals surface area (Å²) in [5, 5.41) is 12.5. The summed E-state index contributed by atoms with van der Waals surface area (Å²) >= 11 is 0. The molecule has 0 atom stereocenters. The van der Waals surface area contributed by atoms with E-state index in [1.807, 2.05) is 0 Å². The average Bonchev–Trinajstić information content (AvgIpc) is 3.12. The Hall–Kier alpha value is -0.795. The van der Waals surface area contributed by atoms with Gasteiger partial charge < -0.3 is 10.4 Å². The van der Waals surface area contributed by atoms with Crippen molar-refractivity contribution >= 4 is 13.3 Å². The molecule has 0 aliphatic heterocycles. The maximum atomic E-state index is 8.93. The van der Waals surface area contributed by atoms with E-state index < -0.39 is 0 Å². The molecule has 1 saturated carbocycles. The van der Waals surface area contributed by atoms with Gasteiger partial charge in [-0.1, -0.05) is 23.2 Å². The van der Waals surface area contributed by atoms with Crippen LogP contribution < -0.4 is 10.8 Å². The minimum absolute atomic E-state index is 0.281. The molecule has 1 aliphatic carbocycles. The van der Waals surface area contributed by atoms with Crippen molar-refractivity contribution in [1.29, 1.82) is 0 Å². The van der Waals surface area contributed by atoms with Crippen LogP contribution in [-0.2, 0) is 13.0 Å². The van der Waals surface area contributed by atoms with Gasteiger partial charge in [0.2, 0.25) is 0 Å². The van der Waals surface area contributed by atoms with E-state index >= 15 is 0 Å². The largest absolute Gasteiger partial charge is 0.396 e. The summed E-state index contributed by atoms with van der Waals surface area (Å²) in [6.07, 6.45) is 4.52. The van der Waals surface area contributed by atoms with E-state index in [0.717, 1.165) is 25.4 Å². The van der Waals surface area contributed by atoms with Crippen LogP contribution in [0, 0.1) is 6.92 Å². The quantitative estimate of drug-likeness (QED) is 0.696. The van der Waals surface area contributed by atoms with E-state index in [-0.39, 0.29) is 6.61 Å². The van der Waals surface area contributed by atoms with Crippen LogP contribution in [0.4, 0.5) is 0 Å². The molecular weight excluding hydrogens is 209 g/mol. The number of nitrogens with one attached hydrogen (secondary N) is 1. The second-order valence-corrected chi connectivity index (χ2v) is 5.18. The molecule has 0 saturated heterocycles. The van der Waals surface area contributed by atoms with Crippen molar-refractivity contribution < 1.29 is 5.11 Å². The summed E-state index contributed by atoms with van der Waals surface area (Å²) in [6.45, 7) is 3.45. The topological polar surface area (TPSA) is 32.3 Å². The van der Waals surface area contributed by atoms with Gasteiger partial charge in [0.1, 0.15) is 7.85 Å². The van der Waals surface area contributed by atoms with Gasteiger partial charge in [0.05, 0.1) is 0 Å². The Morgan fingerprint density at radius 2 is 2.18 bits per heavy atom. The number of benzene rings is 1. The Morgan fingerprint density at radius 1 is 1.41 bits per heavy atom. The van der Waals surface area contributed by atoms with Crippen molar-refractivity contribution in [3.8, 4) is 0 Å². The predicted octanol–water partition coefficient (Wildman–Crippen LogP) is 0.430. The number of hydrogen-bond acceptors (Lipinski definition) is 2. The fourth-order valence-electron chi connectivity index (χ4n) is 2.19. The molecule has 17 heavy (non-hydrogen) atoms. The molecule has 0 heterocycles. The first-order valence-electron chi connectivity index (χ1n) is 6.64. The molecule has 1 aromatic carbocycles. The van der Waals surface area contributed by atoms with Crippen LogP contribution in [0.2, 0.25) is 0 Å². The summed E-state index contributed by atoms with van der Waals surface area (Å²) in [4.78, 5) is 0. The van der Waals surface area contributed by atoms with Crippen molar-refractivity contribution in [3.05, 3.63) is 28.8 Å². The average molecular weight is 231 g/mol. The Morgan fingerprint density at radius 3 is 2.82 bits per heavy atom. The standard InChI is InChI=1S/C14H22BNO/c1-10-12(3-2-6-17)7-11(8-14(10)15)9-16-13-4-5-13/h7-8,13,16-17H,2-6,9,15H2,1H3. The Kier molecular flexibility index (Phi) is 4.24. The molecule has 3 heteroatoms. The third-order valence-electron chi connectivity index (χ3n) is 3.61. The van der Waals surface area contributed by atoms with Gasteiger partial charge in [-0.25, -0.2) is 0 Å². The number of rotatable bonds is 6. The molecule has 2 rings (SSSR count). The normalized spacial score (nSPS) is 15.2. The fourth-order valence-corrected chi connectivity index (χ4v) is 2.19. The molecule has 0 aromatic heterocycles. The van der Waals surface area contributed by atoms with Crippen LogP contribution in [0.15, 0.2) is 12.1 Å². The third-order valence-corrected chi connectivity index (χ3v) is 3.61. The molecule has 0 radical (unpaired) electrons. The highest BCUT2D eigenvalue weighted by atomic mass is 16.2. The first kappa shape index (κ1) is 12.7. The lowest BCUT2D eigenvalue weighted by Gasteiger charge is -2.12. The highest BCUT2D eigenvalue weighted by Crippen LogP contribution is 2.19. The van der Waals surface area contributed by atoms with Gasteiger partial charge in [0.15, 0.2) is 0 Å². The van der Waals surface area contributed by atoms with Crippen molar-refractivity contribution in [2.45, 2.75) is 45.2 Å². The molecule has 1 fully saturated rings. The Labute approximate surface area is 105 Å². The minimum Gasteiger partial charge on any atom is -0.396 e. The lowest BCUT2D eigenvalue weighted by molar-refractivity contribution is 0.288. The smallest absolute Gasteiger partial charge is 0.139 e. The highest BCUT2D eigenvalue weighted by Gasteiger charge is 2.20. The molecule has 0 bridgehead atoms. The number of aliphatic hydroxyl groups is 1. The van der Waals surface area contributed by atoms with Crippen molar-refractivity contribution in [1.82, 2.24) is 5.32 Å². The summed E-state index contributed by atoms with van der Waals surface area (Å²) in [5.74, 6) is 0. The van der Waals surface area contributed by atoms with Crippen molar-refractivity contribution in [2.75, 3.05) is 6.61 Å². The highest BCUT2D eigenvalue weighted by molar-refractivity contribution is 6.33. The number of aliphatic hydroxyl groups excluding tert-OH is 1. The molecule has 0 amide bonds. The minimum atomic E-state index is 0.281. The third kappa shape index (κ3) is 3.58. The molecule has 1 aliphatic rings. The second-order valence-electron chi connectivity index (χ2n) is 5.18. The summed E-state index contributed by atoms with van der Waals surface area (Å²) in [5.41, 5.74) is 5.53. The van der Waals surface area contributed by atoms with E-state index in [9.17, 15) is 0 Å². The fraction of sp³-hybridized carbons (Fsp3) is 0.571. The molecule has 2 N–H and O–H groups in total. The van der Waals surface area contributed by atoms with Gasteiger partial charge >= 0.3 is 0 Å². The summed E-state index contributed by atoms with van der Waals surface area (Å²) in [7, 11) is 2.18. The van der Waals surface area contributed by atoms with E-state index in [4.69, 9.17) is 5.11 Å². The van der Waals surface area contributed by atoms with E-state index in [1.54, 1.807) is 0 Å². The molecule has 1 aromatic rings. The van der Waals surface area contributed by atoms with Gasteiger partial charge in [-0.2, -0.15) is 0 Å². The van der Waals surface area contributed by atoms with E-state index in [0.29, 0.717) is 0 Å². The van der Waals surface area contributed by atoms with Crippen LogP contribution >= 0.6 is 0 Å². The van der Waals surface area contributed by atoms with Crippen LogP contribution in [0.5, 0.6) is 0 Å². The van der Waals surface area contributed by atoms with E-state index in [2.05, 4.69) is 32.2 Å². The Balaban J connectivity index is 2.06.